The number of carbonyl (C=O) groups is 4. The molecule has 3 N–H and O–H groups in total. The summed E-state index contributed by atoms with van der Waals surface area (Å²) in [6.07, 6.45) is 2.64. The van der Waals surface area contributed by atoms with E-state index in [0.717, 1.165) is 36.8 Å². The van der Waals surface area contributed by atoms with Crippen molar-refractivity contribution in [3.05, 3.63) is 34.9 Å². The average molecular weight is 689 g/mol. The highest BCUT2D eigenvalue weighted by Crippen LogP contribution is 2.69. The maximum absolute atomic E-state index is 14.3. The minimum Gasteiger partial charge on any atom is -0.449 e. The van der Waals surface area contributed by atoms with Crippen molar-refractivity contribution in [2.75, 3.05) is 19.3 Å². The third-order valence-electron chi connectivity index (χ3n) is 10.7. The number of alkyl carbamates (subject to hydrolysis) is 1. The fourth-order valence-electron chi connectivity index (χ4n) is 7.58. The SMILES string of the molecule is CC[C@@H]1C[C@]1(NC(=O)[C@@H]1C[C@@H]2CN1C(=O)[C@H](C(C)(C)C)NC(=O)OC[C@@H](C)CCCCc1cccc3c1CN(C3)C(=O)O2)P(=O)(O)CC. The first-order chi connectivity index (χ1) is 22.6. The van der Waals surface area contributed by atoms with Gasteiger partial charge in [-0.05, 0) is 59.6 Å². The van der Waals surface area contributed by atoms with Crippen molar-refractivity contribution in [1.82, 2.24) is 20.4 Å². The number of ether oxygens (including phenoxy) is 2. The number of rotatable bonds is 5. The van der Waals surface area contributed by atoms with Crippen LogP contribution in [0.25, 0.3) is 0 Å². The Balaban J connectivity index is 1.44. The Morgan fingerprint density at radius 1 is 1.15 bits per heavy atom. The van der Waals surface area contributed by atoms with Crippen LogP contribution < -0.4 is 10.6 Å². The molecule has 2 fully saturated rings. The molecule has 266 valence electrons. The van der Waals surface area contributed by atoms with Crippen LogP contribution in [0, 0.1) is 17.3 Å². The molecule has 0 spiro atoms. The molecule has 1 aromatic rings. The summed E-state index contributed by atoms with van der Waals surface area (Å²) in [5.74, 6) is -1.12. The molecule has 1 aliphatic carbocycles. The van der Waals surface area contributed by atoms with E-state index in [0.29, 0.717) is 25.9 Å². The van der Waals surface area contributed by atoms with E-state index in [1.165, 1.54) is 10.5 Å². The number of hydrogen-bond donors (Lipinski definition) is 3. The van der Waals surface area contributed by atoms with E-state index in [1.54, 1.807) is 11.8 Å². The molecule has 1 unspecified atom stereocenters. The molecule has 5 rings (SSSR count). The maximum Gasteiger partial charge on any atom is 0.410 e. The fraction of sp³-hybridized carbons (Fsp3) is 0.714. The molecule has 48 heavy (non-hydrogen) atoms. The first-order valence-corrected chi connectivity index (χ1v) is 19.4. The van der Waals surface area contributed by atoms with Crippen LogP contribution >= 0.6 is 7.37 Å². The smallest absolute Gasteiger partial charge is 0.410 e. The van der Waals surface area contributed by atoms with E-state index >= 15 is 0 Å². The first-order valence-electron chi connectivity index (χ1n) is 17.5. The molecular formula is C35H53N4O8P. The van der Waals surface area contributed by atoms with Gasteiger partial charge in [0.1, 0.15) is 23.5 Å². The molecule has 4 aliphatic rings. The molecular weight excluding hydrogens is 635 g/mol. The Labute approximate surface area is 284 Å². The van der Waals surface area contributed by atoms with E-state index in [-0.39, 0.29) is 37.6 Å². The summed E-state index contributed by atoms with van der Waals surface area (Å²) in [5.41, 5.74) is 2.66. The van der Waals surface area contributed by atoms with E-state index in [1.807, 2.05) is 46.8 Å². The van der Waals surface area contributed by atoms with Crippen LogP contribution in [0.15, 0.2) is 18.2 Å². The number of fused-ring (bicyclic) bond motifs is 3. The summed E-state index contributed by atoms with van der Waals surface area (Å²) in [6, 6.07) is 4.01. The predicted molar refractivity (Wildman–Crippen MR) is 180 cm³/mol. The van der Waals surface area contributed by atoms with Gasteiger partial charge in [0.2, 0.25) is 19.2 Å². The van der Waals surface area contributed by atoms with Gasteiger partial charge in [-0.1, -0.05) is 72.6 Å². The molecule has 3 heterocycles. The molecule has 1 saturated carbocycles. The average Bonchev–Trinajstić information content (AvgIpc) is 3.35. The Hall–Kier alpha value is -3.11. The van der Waals surface area contributed by atoms with Gasteiger partial charge in [0.25, 0.3) is 0 Å². The lowest BCUT2D eigenvalue weighted by molar-refractivity contribution is -0.142. The fourth-order valence-corrected chi connectivity index (χ4v) is 9.68. The van der Waals surface area contributed by atoms with E-state index in [9.17, 15) is 28.6 Å². The zero-order valence-corrected chi connectivity index (χ0v) is 30.1. The zero-order chi connectivity index (χ0) is 35.0. The topological polar surface area (TPSA) is 155 Å². The Bertz CT molecular complexity index is 1460. The minimum absolute atomic E-state index is 0.00795. The van der Waals surface area contributed by atoms with Gasteiger partial charge < -0.3 is 29.9 Å². The van der Waals surface area contributed by atoms with Crippen molar-refractivity contribution in [3.63, 3.8) is 0 Å². The number of nitrogens with one attached hydrogen (secondary N) is 2. The second-order valence-corrected chi connectivity index (χ2v) is 18.1. The molecule has 13 heteroatoms. The van der Waals surface area contributed by atoms with E-state index in [4.69, 9.17) is 9.47 Å². The quantitative estimate of drug-likeness (QED) is 0.359. The van der Waals surface area contributed by atoms with Crippen LogP contribution in [-0.2, 0) is 43.1 Å². The van der Waals surface area contributed by atoms with Gasteiger partial charge in [0, 0.05) is 25.7 Å². The van der Waals surface area contributed by atoms with Crippen LogP contribution in [0.2, 0.25) is 0 Å². The van der Waals surface area contributed by atoms with Crippen molar-refractivity contribution in [1.29, 1.82) is 0 Å². The normalized spacial score (nSPS) is 31.3. The number of amides is 4. The molecule has 12 nitrogen and oxygen atoms in total. The summed E-state index contributed by atoms with van der Waals surface area (Å²) in [7, 11) is -3.74. The number of hydrogen-bond acceptors (Lipinski definition) is 7. The third-order valence-corrected chi connectivity index (χ3v) is 13.4. The van der Waals surface area contributed by atoms with E-state index < -0.39 is 60.3 Å². The van der Waals surface area contributed by atoms with Crippen LogP contribution in [0.4, 0.5) is 9.59 Å². The number of benzene rings is 1. The van der Waals surface area contributed by atoms with Gasteiger partial charge in [-0.15, -0.1) is 0 Å². The summed E-state index contributed by atoms with van der Waals surface area (Å²) < 4.78 is 24.9. The standard InChI is InChI=1S/C35H53N4O8P/c1-7-25-17-35(25,48(44,45)8-2)37-30(40)28-16-26-19-39(28)31(41)29(34(4,5)6)36-32(42)46-21-22(3)12-9-10-13-23-14-11-15-24-18-38(20-27(23)24)33(43)47-26/h11,14-15,22,25-26,28-29H,7-10,12-13,16-21H2,1-6H3,(H,36,42)(H,37,40)(H,44,45)/t22-,25+,26+,28-,29+,35-/m0/s1. The highest BCUT2D eigenvalue weighted by molar-refractivity contribution is 7.60. The molecule has 3 aliphatic heterocycles. The molecule has 0 radical (unpaired) electrons. The van der Waals surface area contributed by atoms with Crippen molar-refractivity contribution < 1.29 is 38.1 Å². The van der Waals surface area contributed by atoms with Gasteiger partial charge in [0.05, 0.1) is 13.2 Å². The second-order valence-electron chi connectivity index (χ2n) is 15.3. The molecule has 4 amide bonds. The van der Waals surface area contributed by atoms with Gasteiger partial charge in [-0.25, -0.2) is 9.59 Å². The van der Waals surface area contributed by atoms with Crippen molar-refractivity contribution in [2.24, 2.45) is 17.3 Å². The van der Waals surface area contributed by atoms with Crippen LogP contribution in [0.1, 0.15) is 96.8 Å². The summed E-state index contributed by atoms with van der Waals surface area (Å²) in [4.78, 5) is 68.9. The zero-order valence-electron chi connectivity index (χ0n) is 29.3. The lowest BCUT2D eigenvalue weighted by Gasteiger charge is -2.35. The van der Waals surface area contributed by atoms with Crippen LogP contribution in [-0.4, -0.2) is 81.5 Å². The van der Waals surface area contributed by atoms with Crippen LogP contribution in [0.3, 0.4) is 0 Å². The van der Waals surface area contributed by atoms with Crippen molar-refractivity contribution in [3.8, 4) is 0 Å². The number of cyclic esters (lactones) is 1. The Morgan fingerprint density at radius 2 is 1.88 bits per heavy atom. The van der Waals surface area contributed by atoms with Gasteiger partial charge >= 0.3 is 12.2 Å². The van der Waals surface area contributed by atoms with E-state index in [2.05, 4.69) is 16.7 Å². The maximum atomic E-state index is 14.3. The first kappa shape index (κ1) is 36.2. The second kappa shape index (κ2) is 14.0. The largest absolute Gasteiger partial charge is 0.449 e. The van der Waals surface area contributed by atoms with Gasteiger partial charge in [0.15, 0.2) is 0 Å². The molecule has 1 aromatic carbocycles. The molecule has 1 saturated heterocycles. The Morgan fingerprint density at radius 3 is 2.54 bits per heavy atom. The third kappa shape index (κ3) is 7.39. The lowest BCUT2D eigenvalue weighted by Crippen LogP contribution is -2.58. The Kier molecular flexibility index (Phi) is 10.6. The van der Waals surface area contributed by atoms with Gasteiger partial charge in [-0.2, -0.15) is 0 Å². The number of carbonyl (C=O) groups excluding carboxylic acids is 4. The molecule has 4 bridgehead atoms. The number of aryl methyl sites for hydroxylation is 1. The van der Waals surface area contributed by atoms with Gasteiger partial charge in [-0.3, -0.25) is 19.1 Å². The van der Waals surface area contributed by atoms with Crippen molar-refractivity contribution >= 4 is 31.4 Å². The lowest BCUT2D eigenvalue weighted by atomic mass is 9.85. The summed E-state index contributed by atoms with van der Waals surface area (Å²) >= 11 is 0. The predicted octanol–water partition coefficient (Wildman–Crippen LogP) is 5.14. The van der Waals surface area contributed by atoms with Crippen molar-refractivity contribution in [2.45, 2.75) is 123 Å². The summed E-state index contributed by atoms with van der Waals surface area (Å²) in [6.45, 7) is 12.0. The highest BCUT2D eigenvalue weighted by atomic mass is 31.2. The minimum atomic E-state index is -3.74. The molecule has 0 aromatic heterocycles. The monoisotopic (exact) mass is 688 g/mol. The van der Waals surface area contributed by atoms with Crippen LogP contribution in [0.5, 0.6) is 0 Å². The molecule has 7 atom stereocenters. The number of nitrogens with zero attached hydrogens (tertiary/aromatic N) is 2. The summed E-state index contributed by atoms with van der Waals surface area (Å²) in [5, 5.41) is 4.40. The highest BCUT2D eigenvalue weighted by Gasteiger charge is 2.65.